The molecule has 0 N–H and O–H groups in total. The number of aryl methyl sites for hydroxylation is 1. The third kappa shape index (κ3) is 4.59. The summed E-state index contributed by atoms with van der Waals surface area (Å²) < 4.78 is 19.0. The number of benzene rings is 1. The Morgan fingerprint density at radius 1 is 1.20 bits per heavy atom. The van der Waals surface area contributed by atoms with E-state index in [4.69, 9.17) is 4.74 Å². The summed E-state index contributed by atoms with van der Waals surface area (Å²) in [6.45, 7) is 10.1. The van der Waals surface area contributed by atoms with Gasteiger partial charge < -0.3 is 9.64 Å². The van der Waals surface area contributed by atoms with E-state index in [0.717, 1.165) is 38.0 Å². The molecular weight excluding hydrogens is 319 g/mol. The van der Waals surface area contributed by atoms with Crippen molar-refractivity contribution < 1.29 is 13.9 Å². The van der Waals surface area contributed by atoms with Gasteiger partial charge >= 0.3 is 0 Å². The lowest BCUT2D eigenvalue weighted by molar-refractivity contribution is -0.148. The number of hydrogen-bond donors (Lipinski definition) is 0. The van der Waals surface area contributed by atoms with Crippen LogP contribution in [0.5, 0.6) is 0 Å². The van der Waals surface area contributed by atoms with Gasteiger partial charge in [0.15, 0.2) is 0 Å². The van der Waals surface area contributed by atoms with Crippen LogP contribution in [-0.2, 0) is 16.1 Å². The minimum atomic E-state index is -0.181. The maximum atomic E-state index is 13.2. The van der Waals surface area contributed by atoms with Crippen molar-refractivity contribution in [2.45, 2.75) is 52.4 Å². The molecule has 0 unspecified atom stereocenters. The van der Waals surface area contributed by atoms with Crippen LogP contribution in [-0.4, -0.2) is 54.1 Å². The Bertz CT molecular complexity index is 604. The van der Waals surface area contributed by atoms with Gasteiger partial charge in [0.1, 0.15) is 5.82 Å². The third-order valence-electron chi connectivity index (χ3n) is 5.37. The van der Waals surface area contributed by atoms with E-state index in [1.165, 1.54) is 11.6 Å². The summed E-state index contributed by atoms with van der Waals surface area (Å²) in [7, 11) is 0. The summed E-state index contributed by atoms with van der Waals surface area (Å²) in [6.07, 6.45) is 2.04. The number of carbonyl (C=O) groups excluding carboxylic acids is 1. The van der Waals surface area contributed by atoms with Crippen molar-refractivity contribution >= 4 is 5.91 Å². The molecule has 2 fully saturated rings. The normalized spacial score (nSPS) is 26.0. The second kappa shape index (κ2) is 7.83. The van der Waals surface area contributed by atoms with Gasteiger partial charge in [0.05, 0.1) is 12.2 Å². The van der Waals surface area contributed by atoms with Crippen molar-refractivity contribution in [1.82, 2.24) is 9.80 Å². The number of hydrogen-bond acceptors (Lipinski definition) is 3. The van der Waals surface area contributed by atoms with Gasteiger partial charge in [-0.2, -0.15) is 0 Å². The lowest BCUT2D eigenvalue weighted by atomic mass is 9.94. The average Bonchev–Trinajstić information content (AvgIpc) is 2.56. The number of rotatable bonds is 3. The molecule has 3 rings (SSSR count). The largest absolute Gasteiger partial charge is 0.372 e. The molecule has 2 aliphatic rings. The zero-order chi connectivity index (χ0) is 18.0. The van der Waals surface area contributed by atoms with E-state index in [9.17, 15) is 9.18 Å². The first-order chi connectivity index (χ1) is 11.9. The van der Waals surface area contributed by atoms with E-state index in [0.29, 0.717) is 19.0 Å². The second-order valence-corrected chi connectivity index (χ2v) is 7.62. The summed E-state index contributed by atoms with van der Waals surface area (Å²) in [4.78, 5) is 17.2. The van der Waals surface area contributed by atoms with Gasteiger partial charge in [-0.25, -0.2) is 4.39 Å². The molecule has 0 saturated carbocycles. The molecule has 0 bridgehead atoms. The number of carbonyl (C=O) groups is 1. The topological polar surface area (TPSA) is 32.8 Å². The van der Waals surface area contributed by atoms with E-state index < -0.39 is 0 Å². The zero-order valence-corrected chi connectivity index (χ0v) is 15.5. The maximum Gasteiger partial charge on any atom is 0.225 e. The van der Waals surface area contributed by atoms with Gasteiger partial charge in [-0.3, -0.25) is 9.69 Å². The summed E-state index contributed by atoms with van der Waals surface area (Å²) in [5.74, 6) is 0.238. The van der Waals surface area contributed by atoms with Gasteiger partial charge in [-0.15, -0.1) is 0 Å². The highest BCUT2D eigenvalue weighted by Crippen LogP contribution is 2.24. The first-order valence-corrected chi connectivity index (χ1v) is 9.34. The zero-order valence-electron chi connectivity index (χ0n) is 15.5. The van der Waals surface area contributed by atoms with Crippen LogP contribution in [0.3, 0.4) is 0 Å². The van der Waals surface area contributed by atoms with E-state index in [2.05, 4.69) is 4.90 Å². The molecule has 0 aromatic heterocycles. The third-order valence-corrected chi connectivity index (χ3v) is 5.37. The monoisotopic (exact) mass is 348 g/mol. The molecular formula is C20H29FN2O2. The fourth-order valence-corrected chi connectivity index (χ4v) is 4.03. The van der Waals surface area contributed by atoms with Crippen LogP contribution in [0, 0.1) is 18.7 Å². The van der Waals surface area contributed by atoms with Crippen molar-refractivity contribution in [2.24, 2.45) is 5.92 Å². The fraction of sp³-hybridized carbons (Fsp3) is 0.650. The fourth-order valence-electron chi connectivity index (χ4n) is 4.03. The number of ether oxygens (including phenoxy) is 1. The predicted molar refractivity (Wildman–Crippen MR) is 95.7 cm³/mol. The van der Waals surface area contributed by atoms with Crippen LogP contribution in [0.1, 0.15) is 37.8 Å². The minimum Gasteiger partial charge on any atom is -0.372 e. The molecule has 5 heteroatoms. The number of likely N-dealkylation sites (tertiary alicyclic amines) is 1. The standard InChI is InChI=1S/C20H29FN2O2/c1-14-10-19(21)5-4-18(14)13-22-8-6-17(7-9-22)20(24)23-11-15(2)25-16(3)12-23/h4-5,10,15-17H,6-9,11-13H2,1-3H3/t15-,16+. The van der Waals surface area contributed by atoms with Crippen molar-refractivity contribution in [1.29, 1.82) is 0 Å². The highest BCUT2D eigenvalue weighted by Gasteiger charge is 2.32. The van der Waals surface area contributed by atoms with E-state index >= 15 is 0 Å². The van der Waals surface area contributed by atoms with E-state index in [-0.39, 0.29) is 23.9 Å². The van der Waals surface area contributed by atoms with Gasteiger partial charge in [-0.1, -0.05) is 6.07 Å². The number of nitrogens with zero attached hydrogens (tertiary/aromatic N) is 2. The van der Waals surface area contributed by atoms with Crippen LogP contribution < -0.4 is 0 Å². The molecule has 0 aliphatic carbocycles. The van der Waals surface area contributed by atoms with Gasteiger partial charge in [0.2, 0.25) is 5.91 Å². The molecule has 2 heterocycles. The summed E-state index contributed by atoms with van der Waals surface area (Å²) in [5.41, 5.74) is 2.16. The van der Waals surface area contributed by atoms with Gasteiger partial charge in [0, 0.05) is 25.6 Å². The van der Waals surface area contributed by atoms with Gasteiger partial charge in [0.25, 0.3) is 0 Å². The number of amides is 1. The molecule has 1 aromatic carbocycles. The van der Waals surface area contributed by atoms with Crippen molar-refractivity contribution in [3.63, 3.8) is 0 Å². The number of halogens is 1. The van der Waals surface area contributed by atoms with Crippen LogP contribution in [0.4, 0.5) is 4.39 Å². The van der Waals surface area contributed by atoms with Crippen LogP contribution in [0.15, 0.2) is 18.2 Å². The Balaban J connectivity index is 1.52. The Morgan fingerprint density at radius 2 is 1.84 bits per heavy atom. The highest BCUT2D eigenvalue weighted by molar-refractivity contribution is 5.79. The first kappa shape index (κ1) is 18.3. The Labute approximate surface area is 149 Å². The Morgan fingerprint density at radius 3 is 2.44 bits per heavy atom. The van der Waals surface area contributed by atoms with Crippen molar-refractivity contribution in [3.8, 4) is 0 Å². The maximum absolute atomic E-state index is 13.2. The van der Waals surface area contributed by atoms with E-state index in [1.54, 1.807) is 6.07 Å². The minimum absolute atomic E-state index is 0.120. The number of morpholine rings is 1. The number of piperidine rings is 1. The van der Waals surface area contributed by atoms with Crippen molar-refractivity contribution in [3.05, 3.63) is 35.1 Å². The van der Waals surface area contributed by atoms with Crippen LogP contribution >= 0.6 is 0 Å². The first-order valence-electron chi connectivity index (χ1n) is 9.34. The summed E-state index contributed by atoms with van der Waals surface area (Å²) in [6, 6.07) is 4.99. The Hall–Kier alpha value is -1.46. The molecule has 138 valence electrons. The molecule has 25 heavy (non-hydrogen) atoms. The highest BCUT2D eigenvalue weighted by atomic mass is 19.1. The predicted octanol–water partition coefficient (Wildman–Crippen LogP) is 2.98. The molecule has 0 radical (unpaired) electrons. The SMILES string of the molecule is Cc1cc(F)ccc1CN1CCC(C(=O)N2C[C@@H](C)O[C@@H](C)C2)CC1. The summed E-state index contributed by atoms with van der Waals surface area (Å²) >= 11 is 0. The second-order valence-electron chi connectivity index (χ2n) is 7.62. The molecule has 2 atom stereocenters. The lowest BCUT2D eigenvalue weighted by Crippen LogP contribution is -2.51. The van der Waals surface area contributed by atoms with E-state index in [1.807, 2.05) is 31.7 Å². The van der Waals surface area contributed by atoms with Crippen LogP contribution in [0.2, 0.25) is 0 Å². The smallest absolute Gasteiger partial charge is 0.225 e. The Kier molecular flexibility index (Phi) is 5.74. The lowest BCUT2D eigenvalue weighted by Gasteiger charge is -2.39. The molecule has 1 aromatic rings. The molecule has 1 amide bonds. The summed E-state index contributed by atoms with van der Waals surface area (Å²) in [5, 5.41) is 0. The quantitative estimate of drug-likeness (QED) is 0.842. The molecule has 4 nitrogen and oxygen atoms in total. The average molecular weight is 348 g/mol. The van der Waals surface area contributed by atoms with Gasteiger partial charge in [-0.05, 0) is 70.0 Å². The van der Waals surface area contributed by atoms with Crippen molar-refractivity contribution in [2.75, 3.05) is 26.2 Å². The van der Waals surface area contributed by atoms with Crippen LogP contribution in [0.25, 0.3) is 0 Å². The molecule has 0 spiro atoms. The molecule has 2 aliphatic heterocycles. The molecule has 2 saturated heterocycles.